The van der Waals surface area contributed by atoms with Crippen LogP contribution in [0.1, 0.15) is 6.92 Å². The standard InChI is InChI=1S/C10H8F4O3/c1-4(10(15)16-2)17-9-7(13)5(11)3-6(12)8(9)14/h3-4H,1-2H3. The molecular formula is C10H8F4O3. The van der Waals surface area contributed by atoms with E-state index >= 15 is 0 Å². The van der Waals surface area contributed by atoms with Crippen molar-refractivity contribution < 1.29 is 31.8 Å². The summed E-state index contributed by atoms with van der Waals surface area (Å²) in [5.41, 5.74) is 0. The van der Waals surface area contributed by atoms with E-state index in [0.29, 0.717) is 0 Å². The molecule has 3 nitrogen and oxygen atoms in total. The fourth-order valence-corrected chi connectivity index (χ4v) is 1.05. The SMILES string of the molecule is COC(=O)C(C)Oc1c(F)c(F)cc(F)c1F. The third-order valence-electron chi connectivity index (χ3n) is 1.90. The molecule has 1 unspecified atom stereocenters. The van der Waals surface area contributed by atoms with Gasteiger partial charge < -0.3 is 9.47 Å². The molecule has 0 fully saturated rings. The first-order valence-electron chi connectivity index (χ1n) is 4.46. The van der Waals surface area contributed by atoms with Crippen molar-refractivity contribution in [2.45, 2.75) is 13.0 Å². The zero-order valence-electron chi connectivity index (χ0n) is 8.89. The number of esters is 1. The molecule has 0 aliphatic heterocycles. The molecule has 0 amide bonds. The van der Waals surface area contributed by atoms with E-state index in [9.17, 15) is 22.4 Å². The Hall–Kier alpha value is -1.79. The smallest absolute Gasteiger partial charge is 0.346 e. The lowest BCUT2D eigenvalue weighted by atomic mass is 10.3. The lowest BCUT2D eigenvalue weighted by Gasteiger charge is -2.14. The van der Waals surface area contributed by atoms with Gasteiger partial charge in [0.1, 0.15) is 0 Å². The average molecular weight is 252 g/mol. The molecule has 0 saturated carbocycles. The van der Waals surface area contributed by atoms with Gasteiger partial charge in [0.2, 0.25) is 11.6 Å². The molecule has 94 valence electrons. The van der Waals surface area contributed by atoms with Gasteiger partial charge in [0.25, 0.3) is 0 Å². The first-order chi connectivity index (χ1) is 7.88. The summed E-state index contributed by atoms with van der Waals surface area (Å²) >= 11 is 0. The topological polar surface area (TPSA) is 35.5 Å². The highest BCUT2D eigenvalue weighted by atomic mass is 19.2. The number of carbonyl (C=O) groups excluding carboxylic acids is 1. The predicted molar refractivity (Wildman–Crippen MR) is 48.4 cm³/mol. The number of benzene rings is 1. The van der Waals surface area contributed by atoms with Gasteiger partial charge in [-0.3, -0.25) is 0 Å². The molecule has 0 heterocycles. The van der Waals surface area contributed by atoms with Crippen LogP contribution in [0.2, 0.25) is 0 Å². The minimum Gasteiger partial charge on any atom is -0.473 e. The third-order valence-corrected chi connectivity index (χ3v) is 1.90. The summed E-state index contributed by atoms with van der Waals surface area (Å²) < 4.78 is 60.5. The molecular weight excluding hydrogens is 244 g/mol. The Morgan fingerprint density at radius 1 is 1.18 bits per heavy atom. The number of halogens is 4. The molecule has 0 radical (unpaired) electrons. The molecule has 1 aromatic carbocycles. The number of hydrogen-bond donors (Lipinski definition) is 0. The molecule has 0 spiro atoms. The maximum absolute atomic E-state index is 13.1. The van der Waals surface area contributed by atoms with E-state index < -0.39 is 41.1 Å². The summed E-state index contributed by atoms with van der Waals surface area (Å²) in [6, 6.07) is 0.0420. The van der Waals surface area contributed by atoms with Crippen LogP contribution in [0.15, 0.2) is 6.07 Å². The zero-order chi connectivity index (χ0) is 13.2. The van der Waals surface area contributed by atoms with Crippen LogP contribution in [-0.2, 0) is 9.53 Å². The molecule has 1 aromatic rings. The maximum Gasteiger partial charge on any atom is 0.346 e. The van der Waals surface area contributed by atoms with Crippen LogP contribution in [0, 0.1) is 23.3 Å². The second-order valence-electron chi connectivity index (χ2n) is 3.08. The summed E-state index contributed by atoms with van der Waals surface area (Å²) in [6.45, 7) is 1.12. The van der Waals surface area contributed by atoms with E-state index in [1.165, 1.54) is 0 Å². The van der Waals surface area contributed by atoms with Gasteiger partial charge in [-0.05, 0) is 6.92 Å². The fourth-order valence-electron chi connectivity index (χ4n) is 1.05. The van der Waals surface area contributed by atoms with Crippen LogP contribution >= 0.6 is 0 Å². The maximum atomic E-state index is 13.1. The van der Waals surface area contributed by atoms with Crippen molar-refractivity contribution in [3.63, 3.8) is 0 Å². The normalized spacial score (nSPS) is 12.1. The summed E-state index contributed by atoms with van der Waals surface area (Å²) in [5, 5.41) is 0. The van der Waals surface area contributed by atoms with Crippen LogP contribution in [0.5, 0.6) is 5.75 Å². The van der Waals surface area contributed by atoms with E-state index in [2.05, 4.69) is 9.47 Å². The van der Waals surface area contributed by atoms with E-state index in [-0.39, 0.29) is 6.07 Å². The zero-order valence-corrected chi connectivity index (χ0v) is 8.89. The Morgan fingerprint density at radius 2 is 1.65 bits per heavy atom. The van der Waals surface area contributed by atoms with Crippen molar-refractivity contribution >= 4 is 5.97 Å². The molecule has 0 N–H and O–H groups in total. The molecule has 1 rings (SSSR count). The Labute approximate surface area is 93.9 Å². The molecule has 0 saturated heterocycles. The van der Waals surface area contributed by atoms with Gasteiger partial charge in [-0.1, -0.05) is 0 Å². The van der Waals surface area contributed by atoms with E-state index in [0.717, 1.165) is 14.0 Å². The monoisotopic (exact) mass is 252 g/mol. The summed E-state index contributed by atoms with van der Waals surface area (Å²) in [7, 11) is 1.03. The molecule has 0 aliphatic carbocycles. The van der Waals surface area contributed by atoms with Gasteiger partial charge in [0.15, 0.2) is 23.5 Å². The summed E-state index contributed by atoms with van der Waals surface area (Å²) in [4.78, 5) is 10.9. The molecule has 0 aromatic heterocycles. The lowest BCUT2D eigenvalue weighted by molar-refractivity contribution is -0.148. The third kappa shape index (κ3) is 2.66. The van der Waals surface area contributed by atoms with Crippen molar-refractivity contribution in [2.24, 2.45) is 0 Å². The van der Waals surface area contributed by atoms with Crippen LogP contribution in [0.4, 0.5) is 17.6 Å². The number of hydrogen-bond acceptors (Lipinski definition) is 3. The van der Waals surface area contributed by atoms with Gasteiger partial charge in [0, 0.05) is 6.07 Å². The Balaban J connectivity index is 3.10. The quantitative estimate of drug-likeness (QED) is 0.470. The lowest BCUT2D eigenvalue weighted by Crippen LogP contribution is -2.26. The van der Waals surface area contributed by atoms with Gasteiger partial charge in [0.05, 0.1) is 7.11 Å². The first kappa shape index (κ1) is 13.3. The van der Waals surface area contributed by atoms with E-state index in [1.54, 1.807) is 0 Å². The van der Waals surface area contributed by atoms with Crippen molar-refractivity contribution in [3.8, 4) is 5.75 Å². The summed E-state index contributed by atoms with van der Waals surface area (Å²) in [6.07, 6.45) is -1.40. The molecule has 0 aliphatic rings. The number of methoxy groups -OCH3 is 1. The van der Waals surface area contributed by atoms with Crippen molar-refractivity contribution in [3.05, 3.63) is 29.3 Å². The Morgan fingerprint density at radius 3 is 2.06 bits per heavy atom. The minimum atomic E-state index is -1.71. The van der Waals surface area contributed by atoms with Gasteiger partial charge >= 0.3 is 5.97 Å². The summed E-state index contributed by atoms with van der Waals surface area (Å²) in [5.74, 6) is -8.87. The molecule has 0 bridgehead atoms. The number of carbonyl (C=O) groups is 1. The minimum absolute atomic E-state index is 0.0420. The average Bonchev–Trinajstić information content (AvgIpc) is 2.30. The van der Waals surface area contributed by atoms with Crippen molar-refractivity contribution in [1.29, 1.82) is 0 Å². The second kappa shape index (κ2) is 5.03. The van der Waals surface area contributed by atoms with Crippen molar-refractivity contribution in [2.75, 3.05) is 7.11 Å². The number of ether oxygens (including phenoxy) is 2. The second-order valence-corrected chi connectivity index (χ2v) is 3.08. The van der Waals surface area contributed by atoms with Crippen LogP contribution in [0.3, 0.4) is 0 Å². The van der Waals surface area contributed by atoms with Crippen LogP contribution < -0.4 is 4.74 Å². The molecule has 7 heteroatoms. The molecule has 1 atom stereocenters. The highest BCUT2D eigenvalue weighted by Gasteiger charge is 2.25. The largest absolute Gasteiger partial charge is 0.473 e. The Bertz CT molecular complexity index is 421. The van der Waals surface area contributed by atoms with Crippen molar-refractivity contribution in [1.82, 2.24) is 0 Å². The number of rotatable bonds is 3. The highest BCUT2D eigenvalue weighted by molar-refractivity contribution is 5.74. The van der Waals surface area contributed by atoms with E-state index in [1.807, 2.05) is 0 Å². The fraction of sp³-hybridized carbons (Fsp3) is 0.300. The highest BCUT2D eigenvalue weighted by Crippen LogP contribution is 2.27. The molecule has 17 heavy (non-hydrogen) atoms. The van der Waals surface area contributed by atoms with Gasteiger partial charge in [-0.2, -0.15) is 8.78 Å². The van der Waals surface area contributed by atoms with Crippen LogP contribution in [-0.4, -0.2) is 19.2 Å². The van der Waals surface area contributed by atoms with Crippen LogP contribution in [0.25, 0.3) is 0 Å². The van der Waals surface area contributed by atoms with Gasteiger partial charge in [-0.25, -0.2) is 13.6 Å². The van der Waals surface area contributed by atoms with Gasteiger partial charge in [-0.15, -0.1) is 0 Å². The van der Waals surface area contributed by atoms with E-state index in [4.69, 9.17) is 0 Å². The first-order valence-corrected chi connectivity index (χ1v) is 4.46. The predicted octanol–water partition coefficient (Wildman–Crippen LogP) is 2.18. The Kier molecular flexibility index (Phi) is 3.93.